The molecule has 4 rings (SSSR count). The summed E-state index contributed by atoms with van der Waals surface area (Å²) in [4.78, 5) is 32.5. The zero-order valence-corrected chi connectivity index (χ0v) is 17.2. The number of aromatic nitrogens is 3. The molecule has 2 aromatic carbocycles. The fraction of sp³-hybridized carbons (Fsp3) is 0.0870. The molecule has 0 aliphatic rings. The fourth-order valence-corrected chi connectivity index (χ4v) is 3.28. The molecule has 4 aromatic rings. The second-order valence-corrected chi connectivity index (χ2v) is 6.97. The summed E-state index contributed by atoms with van der Waals surface area (Å²) < 4.78 is 7.49. The largest absolute Gasteiger partial charge is 0.477 e. The summed E-state index contributed by atoms with van der Waals surface area (Å²) in [6.07, 6.45) is 1.54. The van der Waals surface area contributed by atoms with Gasteiger partial charge < -0.3 is 19.7 Å². The third-order valence-corrected chi connectivity index (χ3v) is 5.00. The van der Waals surface area contributed by atoms with Crippen molar-refractivity contribution >= 4 is 28.5 Å². The van der Waals surface area contributed by atoms with Gasteiger partial charge in [0.15, 0.2) is 0 Å². The number of anilines is 2. The highest BCUT2D eigenvalue weighted by Crippen LogP contribution is 2.25. The molecule has 0 aliphatic carbocycles. The van der Waals surface area contributed by atoms with Crippen LogP contribution in [0.3, 0.4) is 0 Å². The SMILES string of the molecule is Cc1c(C(=O)O)c(=O)c2ccc(Oc3ccnc(Nc4ccc(C#N)cc4)n3)cc2n1C. The summed E-state index contributed by atoms with van der Waals surface area (Å²) in [5.41, 5.74) is 1.37. The zero-order chi connectivity index (χ0) is 22.8. The highest BCUT2D eigenvalue weighted by Gasteiger charge is 2.18. The standard InChI is InChI=1S/C23H17N5O4/c1-13-20(22(30)31)21(29)17-8-7-16(11-18(17)28(13)2)32-19-9-10-25-23(27-19)26-15-5-3-14(12-24)4-6-15/h3-11H,1-2H3,(H,30,31)(H,25,26,27). The van der Waals surface area contributed by atoms with Crippen molar-refractivity contribution in [2.75, 3.05) is 5.32 Å². The molecule has 0 fully saturated rings. The molecule has 2 aromatic heterocycles. The average molecular weight is 427 g/mol. The Hall–Kier alpha value is -4.71. The van der Waals surface area contributed by atoms with Crippen molar-refractivity contribution in [3.05, 3.63) is 81.8 Å². The molecule has 0 amide bonds. The number of fused-ring (bicyclic) bond motifs is 1. The molecule has 0 aliphatic heterocycles. The van der Waals surface area contributed by atoms with Gasteiger partial charge in [-0.05, 0) is 43.3 Å². The summed E-state index contributed by atoms with van der Waals surface area (Å²) >= 11 is 0. The van der Waals surface area contributed by atoms with Crippen molar-refractivity contribution in [3.8, 4) is 17.7 Å². The first-order valence-corrected chi connectivity index (χ1v) is 9.52. The van der Waals surface area contributed by atoms with Crippen LogP contribution in [0.4, 0.5) is 11.6 Å². The van der Waals surface area contributed by atoms with E-state index in [-0.39, 0.29) is 16.8 Å². The minimum Gasteiger partial charge on any atom is -0.477 e. The maximum atomic E-state index is 12.6. The normalized spacial score (nSPS) is 10.5. The van der Waals surface area contributed by atoms with E-state index in [2.05, 4.69) is 21.4 Å². The molecule has 32 heavy (non-hydrogen) atoms. The minimum absolute atomic E-state index is 0.247. The first-order chi connectivity index (χ1) is 15.4. The molecule has 158 valence electrons. The fourth-order valence-electron chi connectivity index (χ4n) is 3.28. The lowest BCUT2D eigenvalue weighted by Crippen LogP contribution is -2.21. The number of nitrogens with one attached hydrogen (secondary N) is 1. The number of benzene rings is 2. The van der Waals surface area contributed by atoms with E-state index in [0.717, 1.165) is 0 Å². The highest BCUT2D eigenvalue weighted by molar-refractivity contribution is 5.94. The van der Waals surface area contributed by atoms with E-state index in [4.69, 9.17) is 10.00 Å². The lowest BCUT2D eigenvalue weighted by Gasteiger charge is -2.13. The van der Waals surface area contributed by atoms with Crippen LogP contribution in [0, 0.1) is 18.3 Å². The van der Waals surface area contributed by atoms with Crippen LogP contribution < -0.4 is 15.5 Å². The maximum absolute atomic E-state index is 12.6. The van der Waals surface area contributed by atoms with E-state index in [1.54, 1.807) is 61.0 Å². The zero-order valence-electron chi connectivity index (χ0n) is 17.2. The molecule has 0 atom stereocenters. The predicted octanol–water partition coefficient (Wildman–Crippen LogP) is 3.74. The molecule has 9 nitrogen and oxygen atoms in total. The van der Waals surface area contributed by atoms with Gasteiger partial charge in [-0.3, -0.25) is 4.79 Å². The number of aryl methyl sites for hydroxylation is 1. The summed E-state index contributed by atoms with van der Waals surface area (Å²) in [5.74, 6) is -0.242. The van der Waals surface area contributed by atoms with Crippen molar-refractivity contribution < 1.29 is 14.6 Å². The van der Waals surface area contributed by atoms with Gasteiger partial charge in [0.2, 0.25) is 17.3 Å². The quantitative estimate of drug-likeness (QED) is 0.493. The van der Waals surface area contributed by atoms with Crippen LogP contribution in [0.15, 0.2) is 59.5 Å². The Labute approximate surface area is 182 Å². The van der Waals surface area contributed by atoms with Gasteiger partial charge in [0.1, 0.15) is 11.3 Å². The topological polar surface area (TPSA) is 130 Å². The Balaban J connectivity index is 1.63. The van der Waals surface area contributed by atoms with Crippen molar-refractivity contribution in [1.82, 2.24) is 14.5 Å². The number of nitriles is 1. The summed E-state index contributed by atoms with van der Waals surface area (Å²) in [6, 6.07) is 15.3. The molecule has 2 N–H and O–H groups in total. The van der Waals surface area contributed by atoms with Gasteiger partial charge in [-0.25, -0.2) is 9.78 Å². The minimum atomic E-state index is -1.26. The van der Waals surface area contributed by atoms with Gasteiger partial charge in [-0.1, -0.05) is 0 Å². The van der Waals surface area contributed by atoms with Crippen LogP contribution in [-0.4, -0.2) is 25.6 Å². The molecule has 0 spiro atoms. The van der Waals surface area contributed by atoms with Crippen molar-refractivity contribution in [2.45, 2.75) is 6.92 Å². The Bertz CT molecular complexity index is 1450. The summed E-state index contributed by atoms with van der Waals surface area (Å²) in [7, 11) is 1.69. The van der Waals surface area contributed by atoms with Gasteiger partial charge in [-0.2, -0.15) is 10.2 Å². The second-order valence-electron chi connectivity index (χ2n) is 6.97. The van der Waals surface area contributed by atoms with Crippen molar-refractivity contribution in [3.63, 3.8) is 0 Å². The lowest BCUT2D eigenvalue weighted by molar-refractivity contribution is 0.0694. The molecular formula is C23H17N5O4. The Kier molecular flexibility index (Phi) is 5.27. The van der Waals surface area contributed by atoms with E-state index < -0.39 is 11.4 Å². The lowest BCUT2D eigenvalue weighted by atomic mass is 10.1. The third kappa shape index (κ3) is 3.85. The molecule has 0 unspecified atom stereocenters. The van der Waals surface area contributed by atoms with Crippen LogP contribution in [0.5, 0.6) is 11.6 Å². The van der Waals surface area contributed by atoms with Gasteiger partial charge >= 0.3 is 5.97 Å². The predicted molar refractivity (Wildman–Crippen MR) is 117 cm³/mol. The van der Waals surface area contributed by atoms with Crippen molar-refractivity contribution in [2.24, 2.45) is 7.05 Å². The first kappa shape index (κ1) is 20.6. The van der Waals surface area contributed by atoms with Gasteiger partial charge in [0.25, 0.3) is 0 Å². The van der Waals surface area contributed by atoms with E-state index in [0.29, 0.717) is 34.2 Å². The molecule has 0 radical (unpaired) electrons. The van der Waals surface area contributed by atoms with Crippen LogP contribution in [0.1, 0.15) is 21.6 Å². The Morgan fingerprint density at radius 2 is 1.94 bits per heavy atom. The number of nitrogens with zero attached hydrogens (tertiary/aromatic N) is 4. The van der Waals surface area contributed by atoms with Crippen LogP contribution in [0.25, 0.3) is 10.9 Å². The van der Waals surface area contributed by atoms with E-state index in [1.165, 1.54) is 12.3 Å². The second kappa shape index (κ2) is 8.20. The van der Waals surface area contributed by atoms with Crippen molar-refractivity contribution in [1.29, 1.82) is 5.26 Å². The summed E-state index contributed by atoms with van der Waals surface area (Å²) in [6.45, 7) is 1.59. The number of carboxylic acids is 1. The van der Waals surface area contributed by atoms with Crippen LogP contribution in [0.2, 0.25) is 0 Å². The number of hydrogen-bond donors (Lipinski definition) is 2. The molecule has 2 heterocycles. The number of carboxylic acid groups (broad SMARTS) is 1. The third-order valence-electron chi connectivity index (χ3n) is 5.00. The van der Waals surface area contributed by atoms with Crippen LogP contribution in [-0.2, 0) is 7.05 Å². The number of aromatic carboxylic acids is 1. The maximum Gasteiger partial charge on any atom is 0.341 e. The van der Waals surface area contributed by atoms with E-state index >= 15 is 0 Å². The Morgan fingerprint density at radius 3 is 2.62 bits per heavy atom. The molecule has 9 heteroatoms. The van der Waals surface area contributed by atoms with Crippen LogP contribution >= 0.6 is 0 Å². The number of ether oxygens (including phenoxy) is 1. The first-order valence-electron chi connectivity index (χ1n) is 9.52. The highest BCUT2D eigenvalue weighted by atomic mass is 16.5. The van der Waals surface area contributed by atoms with E-state index in [9.17, 15) is 14.7 Å². The molecular weight excluding hydrogens is 410 g/mol. The molecule has 0 bridgehead atoms. The van der Waals surface area contributed by atoms with Gasteiger partial charge in [0.05, 0.1) is 17.1 Å². The molecule has 0 saturated heterocycles. The Morgan fingerprint density at radius 1 is 1.19 bits per heavy atom. The smallest absolute Gasteiger partial charge is 0.341 e. The summed E-state index contributed by atoms with van der Waals surface area (Å²) in [5, 5.41) is 21.6. The average Bonchev–Trinajstić information content (AvgIpc) is 2.78. The monoisotopic (exact) mass is 427 g/mol. The molecule has 0 saturated carbocycles. The van der Waals surface area contributed by atoms with Gasteiger partial charge in [-0.15, -0.1) is 0 Å². The number of carbonyl (C=O) groups is 1. The van der Waals surface area contributed by atoms with E-state index in [1.807, 2.05) is 0 Å². The number of hydrogen-bond acceptors (Lipinski definition) is 7. The number of pyridine rings is 1. The van der Waals surface area contributed by atoms with Gasteiger partial charge in [0, 0.05) is 42.1 Å². The number of rotatable bonds is 5.